The van der Waals surface area contributed by atoms with Crippen molar-refractivity contribution in [2.75, 3.05) is 13.2 Å². The molecule has 0 saturated heterocycles. The standard InChI is InChI=1S/C23H21N3O8/c1-3-31-18-11-10-15(13-20(18)32-4-2)23(28)34-21-16(7-5-8-17(21)26(29)30)14-24-25-22(27)19-9-6-12-33-19/h5-14H,3-4H2,1-2H3,(H,25,27)/b24-14+. The number of para-hydroxylation sites is 1. The Morgan fingerprint density at radius 3 is 2.53 bits per heavy atom. The zero-order valence-corrected chi connectivity index (χ0v) is 18.3. The van der Waals surface area contributed by atoms with Gasteiger partial charge < -0.3 is 18.6 Å². The Balaban J connectivity index is 1.87. The van der Waals surface area contributed by atoms with Gasteiger partial charge in [0.1, 0.15) is 0 Å². The van der Waals surface area contributed by atoms with Crippen molar-refractivity contribution in [2.45, 2.75) is 13.8 Å². The molecule has 0 aliphatic carbocycles. The first-order valence-corrected chi connectivity index (χ1v) is 10.2. The largest absolute Gasteiger partial charge is 0.490 e. The first-order valence-electron chi connectivity index (χ1n) is 10.2. The molecule has 0 aliphatic rings. The van der Waals surface area contributed by atoms with Crippen LogP contribution >= 0.6 is 0 Å². The van der Waals surface area contributed by atoms with E-state index in [0.29, 0.717) is 24.7 Å². The highest BCUT2D eigenvalue weighted by atomic mass is 16.6. The number of rotatable bonds is 10. The molecule has 0 unspecified atom stereocenters. The maximum atomic E-state index is 12.8. The van der Waals surface area contributed by atoms with E-state index in [0.717, 1.165) is 6.21 Å². The van der Waals surface area contributed by atoms with Gasteiger partial charge in [0, 0.05) is 11.6 Å². The second-order valence-electron chi connectivity index (χ2n) is 6.55. The summed E-state index contributed by atoms with van der Waals surface area (Å²) in [6.45, 7) is 4.34. The number of esters is 1. The van der Waals surface area contributed by atoms with Gasteiger partial charge in [0.15, 0.2) is 17.3 Å². The number of carbonyl (C=O) groups excluding carboxylic acids is 2. The third kappa shape index (κ3) is 5.76. The number of ether oxygens (including phenoxy) is 3. The first kappa shape index (κ1) is 24.0. The van der Waals surface area contributed by atoms with Crippen LogP contribution in [0.4, 0.5) is 5.69 Å². The topological polar surface area (TPSA) is 142 Å². The maximum Gasteiger partial charge on any atom is 0.343 e. The van der Waals surface area contributed by atoms with Crippen LogP contribution in [-0.4, -0.2) is 36.2 Å². The number of nitrogens with zero attached hydrogens (tertiary/aromatic N) is 2. The normalized spacial score (nSPS) is 10.6. The average Bonchev–Trinajstić information content (AvgIpc) is 3.36. The zero-order valence-electron chi connectivity index (χ0n) is 18.3. The molecule has 0 aliphatic heterocycles. The molecule has 0 bridgehead atoms. The minimum atomic E-state index is -0.854. The molecule has 1 N–H and O–H groups in total. The molecule has 0 atom stereocenters. The molecule has 34 heavy (non-hydrogen) atoms. The van der Waals surface area contributed by atoms with Crippen LogP contribution in [0.15, 0.2) is 64.3 Å². The van der Waals surface area contributed by atoms with E-state index in [-0.39, 0.29) is 22.6 Å². The fourth-order valence-electron chi connectivity index (χ4n) is 2.85. The van der Waals surface area contributed by atoms with E-state index >= 15 is 0 Å². The molecule has 11 nitrogen and oxygen atoms in total. The number of furan rings is 1. The molecule has 11 heteroatoms. The van der Waals surface area contributed by atoms with Crippen molar-refractivity contribution >= 4 is 23.8 Å². The van der Waals surface area contributed by atoms with E-state index in [1.807, 2.05) is 6.92 Å². The third-order valence-electron chi connectivity index (χ3n) is 4.31. The SMILES string of the molecule is CCOc1ccc(C(=O)Oc2c(/C=N/NC(=O)c3ccco3)cccc2[N+](=O)[O-])cc1OCC. The quantitative estimate of drug-likeness (QED) is 0.155. The lowest BCUT2D eigenvalue weighted by atomic mass is 10.1. The monoisotopic (exact) mass is 467 g/mol. The summed E-state index contributed by atoms with van der Waals surface area (Å²) in [4.78, 5) is 35.6. The molecule has 3 rings (SSSR count). The molecule has 0 saturated carbocycles. The Labute approximate surface area is 194 Å². The molecule has 0 fully saturated rings. The summed E-state index contributed by atoms with van der Waals surface area (Å²) in [6.07, 6.45) is 2.45. The number of carbonyl (C=O) groups is 2. The van der Waals surface area contributed by atoms with Crippen molar-refractivity contribution in [1.82, 2.24) is 5.43 Å². The summed E-state index contributed by atoms with van der Waals surface area (Å²) < 4.78 is 21.3. The second-order valence-corrected chi connectivity index (χ2v) is 6.55. The van der Waals surface area contributed by atoms with Crippen LogP contribution in [0.2, 0.25) is 0 Å². The van der Waals surface area contributed by atoms with E-state index in [9.17, 15) is 19.7 Å². The Kier molecular flexibility index (Phi) is 7.95. The van der Waals surface area contributed by atoms with Crippen molar-refractivity contribution in [1.29, 1.82) is 0 Å². The minimum absolute atomic E-state index is 0.0310. The molecule has 176 valence electrons. The molecule has 1 amide bonds. The lowest BCUT2D eigenvalue weighted by molar-refractivity contribution is -0.385. The highest BCUT2D eigenvalue weighted by Crippen LogP contribution is 2.32. The van der Waals surface area contributed by atoms with Gasteiger partial charge >= 0.3 is 17.6 Å². The van der Waals surface area contributed by atoms with E-state index in [1.54, 1.807) is 13.0 Å². The van der Waals surface area contributed by atoms with Gasteiger partial charge in [-0.2, -0.15) is 5.10 Å². The van der Waals surface area contributed by atoms with E-state index < -0.39 is 22.5 Å². The lowest BCUT2D eigenvalue weighted by Crippen LogP contribution is -2.17. The van der Waals surface area contributed by atoms with Crippen LogP contribution in [0.5, 0.6) is 17.2 Å². The number of hydrogen-bond acceptors (Lipinski definition) is 9. The van der Waals surface area contributed by atoms with Gasteiger partial charge in [0.2, 0.25) is 5.75 Å². The summed E-state index contributed by atoms with van der Waals surface area (Å²) >= 11 is 0. The fourth-order valence-corrected chi connectivity index (χ4v) is 2.85. The number of nitro benzene ring substituents is 1. The summed E-state index contributed by atoms with van der Waals surface area (Å²) in [7, 11) is 0. The molecule has 1 aromatic heterocycles. The minimum Gasteiger partial charge on any atom is -0.490 e. The second kappa shape index (κ2) is 11.3. The first-order chi connectivity index (χ1) is 16.4. The van der Waals surface area contributed by atoms with E-state index in [1.165, 1.54) is 48.7 Å². The maximum absolute atomic E-state index is 12.8. The zero-order chi connectivity index (χ0) is 24.5. The molecular weight excluding hydrogens is 446 g/mol. The van der Waals surface area contributed by atoms with Crippen LogP contribution < -0.4 is 19.6 Å². The van der Waals surface area contributed by atoms with Gasteiger partial charge in [-0.25, -0.2) is 10.2 Å². The van der Waals surface area contributed by atoms with Gasteiger partial charge in [-0.3, -0.25) is 14.9 Å². The van der Waals surface area contributed by atoms with Gasteiger partial charge in [0.25, 0.3) is 0 Å². The Morgan fingerprint density at radius 2 is 1.85 bits per heavy atom. The summed E-state index contributed by atoms with van der Waals surface area (Å²) in [5, 5.41) is 15.3. The van der Waals surface area contributed by atoms with Crippen molar-refractivity contribution in [3.8, 4) is 17.2 Å². The molecular formula is C23H21N3O8. The number of benzene rings is 2. The summed E-state index contributed by atoms with van der Waals surface area (Å²) in [5.41, 5.74) is 1.97. The predicted molar refractivity (Wildman–Crippen MR) is 121 cm³/mol. The van der Waals surface area contributed by atoms with Gasteiger partial charge in [-0.1, -0.05) is 6.07 Å². The fraction of sp³-hybridized carbons (Fsp3) is 0.174. The number of hydrazone groups is 1. The molecule has 1 heterocycles. The summed E-state index contributed by atoms with van der Waals surface area (Å²) in [6, 6.07) is 11.5. The van der Waals surface area contributed by atoms with Gasteiger partial charge in [-0.05, 0) is 50.2 Å². The van der Waals surface area contributed by atoms with E-state index in [4.69, 9.17) is 18.6 Å². The molecule has 0 radical (unpaired) electrons. The Bertz CT molecular complexity index is 1200. The van der Waals surface area contributed by atoms with Gasteiger partial charge in [0.05, 0.1) is 36.2 Å². The molecule has 3 aromatic rings. The summed E-state index contributed by atoms with van der Waals surface area (Å²) in [5.74, 6) is -0.991. The highest BCUT2D eigenvalue weighted by Gasteiger charge is 2.23. The number of hydrogen-bond donors (Lipinski definition) is 1. The average molecular weight is 467 g/mol. The van der Waals surface area contributed by atoms with Crippen molar-refractivity contribution in [3.05, 3.63) is 81.8 Å². The molecule has 2 aromatic carbocycles. The predicted octanol–water partition coefficient (Wildman–Crippen LogP) is 3.97. The number of nitrogens with one attached hydrogen (secondary N) is 1. The number of nitro groups is 1. The Morgan fingerprint density at radius 1 is 1.09 bits per heavy atom. The van der Waals surface area contributed by atoms with Crippen LogP contribution in [0.25, 0.3) is 0 Å². The van der Waals surface area contributed by atoms with Crippen molar-refractivity contribution < 1.29 is 33.1 Å². The van der Waals surface area contributed by atoms with Crippen LogP contribution in [0.1, 0.15) is 40.3 Å². The highest BCUT2D eigenvalue weighted by molar-refractivity contribution is 5.96. The van der Waals surface area contributed by atoms with Crippen LogP contribution in [-0.2, 0) is 0 Å². The van der Waals surface area contributed by atoms with Crippen LogP contribution in [0, 0.1) is 10.1 Å². The van der Waals surface area contributed by atoms with Crippen LogP contribution in [0.3, 0.4) is 0 Å². The lowest BCUT2D eigenvalue weighted by Gasteiger charge is -2.12. The molecule has 0 spiro atoms. The van der Waals surface area contributed by atoms with Gasteiger partial charge in [-0.15, -0.1) is 0 Å². The van der Waals surface area contributed by atoms with Crippen molar-refractivity contribution in [2.24, 2.45) is 5.10 Å². The Hall–Kier alpha value is -4.67. The van der Waals surface area contributed by atoms with Crippen molar-refractivity contribution in [3.63, 3.8) is 0 Å². The smallest absolute Gasteiger partial charge is 0.343 e. The van der Waals surface area contributed by atoms with E-state index in [2.05, 4.69) is 10.5 Å². The number of amides is 1. The third-order valence-corrected chi connectivity index (χ3v) is 4.31.